The Bertz CT molecular complexity index is 620. The van der Waals surface area contributed by atoms with Crippen molar-refractivity contribution in [3.8, 4) is 0 Å². The van der Waals surface area contributed by atoms with Crippen LogP contribution in [-0.4, -0.2) is 45.0 Å². The molecule has 23 heavy (non-hydrogen) atoms. The van der Waals surface area contributed by atoms with E-state index in [0.717, 1.165) is 11.4 Å². The van der Waals surface area contributed by atoms with Gasteiger partial charge in [0.15, 0.2) is 15.8 Å². The van der Waals surface area contributed by atoms with Gasteiger partial charge in [0.2, 0.25) is 0 Å². The quantitative estimate of drug-likeness (QED) is 0.603. The maximum absolute atomic E-state index is 12.0. The summed E-state index contributed by atoms with van der Waals surface area (Å²) in [7, 11) is -1.46. The highest BCUT2D eigenvalue weighted by atomic mass is 35.5. The monoisotopic (exact) mass is 359 g/mol. The molecular formula is C16H26ClN3O2S. The third kappa shape index (κ3) is 6.79. The predicted molar refractivity (Wildman–Crippen MR) is 98.1 cm³/mol. The second-order valence-corrected chi connectivity index (χ2v) is 9.53. The first-order chi connectivity index (χ1) is 10.7. The Morgan fingerprint density at radius 3 is 2.22 bits per heavy atom. The fourth-order valence-electron chi connectivity index (χ4n) is 1.81. The van der Waals surface area contributed by atoms with Gasteiger partial charge in [-0.3, -0.25) is 4.99 Å². The summed E-state index contributed by atoms with van der Waals surface area (Å²) in [6.45, 7) is 6.16. The zero-order chi connectivity index (χ0) is 17.5. The van der Waals surface area contributed by atoms with Crippen LogP contribution in [0, 0.1) is 0 Å². The molecule has 0 heterocycles. The zero-order valence-electron chi connectivity index (χ0n) is 14.2. The van der Waals surface area contributed by atoms with E-state index >= 15 is 0 Å². The molecule has 0 fully saturated rings. The van der Waals surface area contributed by atoms with Crippen LogP contribution in [0.15, 0.2) is 29.3 Å². The van der Waals surface area contributed by atoms with E-state index in [1.807, 2.05) is 24.3 Å². The maximum Gasteiger partial charge on any atom is 0.191 e. The summed E-state index contributed by atoms with van der Waals surface area (Å²) in [6.07, 6.45) is 0.832. The number of hydrogen-bond acceptors (Lipinski definition) is 3. The van der Waals surface area contributed by atoms with E-state index in [9.17, 15) is 8.42 Å². The molecule has 0 saturated heterocycles. The molecule has 0 amide bonds. The van der Waals surface area contributed by atoms with Gasteiger partial charge in [0.1, 0.15) is 0 Å². The van der Waals surface area contributed by atoms with Crippen LogP contribution in [-0.2, 0) is 16.3 Å². The average molecular weight is 360 g/mol. The summed E-state index contributed by atoms with van der Waals surface area (Å²) < 4.78 is 23.3. The summed E-state index contributed by atoms with van der Waals surface area (Å²) >= 11 is 5.85. The van der Waals surface area contributed by atoms with Gasteiger partial charge in [-0.1, -0.05) is 23.7 Å². The Morgan fingerprint density at radius 1 is 1.13 bits per heavy atom. The van der Waals surface area contributed by atoms with Crippen LogP contribution in [0.1, 0.15) is 26.3 Å². The lowest BCUT2D eigenvalue weighted by Crippen LogP contribution is -2.42. The van der Waals surface area contributed by atoms with Crippen molar-refractivity contribution in [2.24, 2.45) is 4.99 Å². The van der Waals surface area contributed by atoms with Gasteiger partial charge in [0.05, 0.1) is 10.5 Å². The summed E-state index contributed by atoms with van der Waals surface area (Å²) in [5.41, 5.74) is 1.17. The van der Waals surface area contributed by atoms with Crippen LogP contribution in [0.25, 0.3) is 0 Å². The molecule has 0 spiro atoms. The van der Waals surface area contributed by atoms with E-state index in [1.54, 1.807) is 27.8 Å². The molecule has 0 unspecified atom stereocenters. The topological polar surface area (TPSA) is 70.6 Å². The SMILES string of the molecule is CN=C(NCCc1ccc(Cl)cc1)NCCS(=O)(=O)C(C)(C)C. The van der Waals surface area contributed by atoms with Crippen LogP contribution in [0.5, 0.6) is 0 Å². The van der Waals surface area contributed by atoms with E-state index in [-0.39, 0.29) is 5.75 Å². The van der Waals surface area contributed by atoms with Crippen molar-refractivity contribution < 1.29 is 8.42 Å². The fraction of sp³-hybridized carbons (Fsp3) is 0.562. The first-order valence-electron chi connectivity index (χ1n) is 7.57. The molecule has 0 aliphatic rings. The molecule has 2 N–H and O–H groups in total. The Morgan fingerprint density at radius 2 is 1.70 bits per heavy atom. The highest BCUT2D eigenvalue weighted by molar-refractivity contribution is 7.92. The zero-order valence-corrected chi connectivity index (χ0v) is 15.8. The van der Waals surface area contributed by atoms with Crippen LogP contribution < -0.4 is 10.6 Å². The predicted octanol–water partition coefficient (Wildman–Crippen LogP) is 2.26. The lowest BCUT2D eigenvalue weighted by molar-refractivity contribution is 0.559. The van der Waals surface area contributed by atoms with Crippen LogP contribution in [0.2, 0.25) is 5.02 Å². The van der Waals surface area contributed by atoms with E-state index in [2.05, 4.69) is 15.6 Å². The van der Waals surface area contributed by atoms with Gasteiger partial charge in [-0.25, -0.2) is 8.42 Å². The third-order valence-corrected chi connectivity index (χ3v) is 6.30. The van der Waals surface area contributed by atoms with Crippen LogP contribution in [0.4, 0.5) is 0 Å². The lowest BCUT2D eigenvalue weighted by atomic mass is 10.1. The number of sulfone groups is 1. The summed E-state index contributed by atoms with van der Waals surface area (Å²) in [5.74, 6) is 0.678. The van der Waals surface area contributed by atoms with Gasteiger partial charge in [0.25, 0.3) is 0 Å². The number of halogens is 1. The van der Waals surface area contributed by atoms with E-state index in [1.165, 1.54) is 5.56 Å². The van der Waals surface area contributed by atoms with Gasteiger partial charge in [0, 0.05) is 25.2 Å². The smallest absolute Gasteiger partial charge is 0.191 e. The van der Waals surface area contributed by atoms with Crippen molar-refractivity contribution in [2.45, 2.75) is 31.9 Å². The Labute approximate surface area is 144 Å². The highest BCUT2D eigenvalue weighted by Gasteiger charge is 2.28. The normalized spacial score (nSPS) is 13.0. The van der Waals surface area contributed by atoms with Gasteiger partial charge in [-0.05, 0) is 44.9 Å². The van der Waals surface area contributed by atoms with Crippen molar-refractivity contribution in [2.75, 3.05) is 25.9 Å². The van der Waals surface area contributed by atoms with Crippen molar-refractivity contribution in [1.29, 1.82) is 0 Å². The largest absolute Gasteiger partial charge is 0.356 e. The van der Waals surface area contributed by atoms with Crippen LogP contribution in [0.3, 0.4) is 0 Å². The molecule has 1 aromatic rings. The lowest BCUT2D eigenvalue weighted by Gasteiger charge is -2.19. The van der Waals surface area contributed by atoms with Crippen molar-refractivity contribution >= 4 is 27.4 Å². The number of hydrogen-bond donors (Lipinski definition) is 2. The van der Waals surface area contributed by atoms with E-state index in [4.69, 9.17) is 11.6 Å². The van der Waals surface area contributed by atoms with Crippen molar-refractivity contribution in [3.05, 3.63) is 34.9 Å². The maximum atomic E-state index is 12.0. The second kappa shape index (κ2) is 8.55. The molecule has 1 aromatic carbocycles. The average Bonchev–Trinajstić information content (AvgIpc) is 2.46. The minimum Gasteiger partial charge on any atom is -0.356 e. The van der Waals surface area contributed by atoms with E-state index in [0.29, 0.717) is 19.0 Å². The van der Waals surface area contributed by atoms with Gasteiger partial charge < -0.3 is 10.6 Å². The molecule has 130 valence electrons. The number of guanidine groups is 1. The highest BCUT2D eigenvalue weighted by Crippen LogP contribution is 2.15. The third-order valence-electron chi connectivity index (χ3n) is 3.44. The first kappa shape index (κ1) is 19.8. The number of nitrogens with one attached hydrogen (secondary N) is 2. The molecule has 0 aliphatic heterocycles. The molecule has 0 bridgehead atoms. The molecule has 1 rings (SSSR count). The number of aliphatic imine (C=N–C) groups is 1. The molecule has 0 radical (unpaired) electrons. The standard InChI is InChI=1S/C16H26ClN3O2S/c1-16(2,3)23(21,22)12-11-20-15(18-4)19-10-9-13-5-7-14(17)8-6-13/h5-8H,9-12H2,1-4H3,(H2,18,19,20). The van der Waals surface area contributed by atoms with Crippen molar-refractivity contribution in [1.82, 2.24) is 10.6 Å². The Hall–Kier alpha value is -1.27. The van der Waals surface area contributed by atoms with Gasteiger partial charge in [-0.15, -0.1) is 0 Å². The van der Waals surface area contributed by atoms with Crippen molar-refractivity contribution in [3.63, 3.8) is 0 Å². The summed E-state index contributed by atoms with van der Waals surface area (Å²) in [6, 6.07) is 7.69. The molecule has 5 nitrogen and oxygen atoms in total. The minimum absolute atomic E-state index is 0.0778. The molecule has 0 aliphatic carbocycles. The molecule has 0 aromatic heterocycles. The molecule has 0 atom stereocenters. The second-order valence-electron chi connectivity index (χ2n) is 6.23. The molecular weight excluding hydrogens is 334 g/mol. The fourth-order valence-corrected chi connectivity index (χ4v) is 2.92. The van der Waals surface area contributed by atoms with Gasteiger partial charge >= 0.3 is 0 Å². The number of nitrogens with zero attached hydrogens (tertiary/aromatic N) is 1. The van der Waals surface area contributed by atoms with Crippen LogP contribution >= 0.6 is 11.6 Å². The summed E-state index contributed by atoms with van der Waals surface area (Å²) in [4.78, 5) is 4.09. The molecule has 0 saturated carbocycles. The molecule has 7 heteroatoms. The Balaban J connectivity index is 2.37. The first-order valence-corrected chi connectivity index (χ1v) is 9.60. The number of benzene rings is 1. The summed E-state index contributed by atoms with van der Waals surface area (Å²) in [5, 5.41) is 6.92. The Kier molecular flexibility index (Phi) is 7.35. The van der Waals surface area contributed by atoms with Gasteiger partial charge in [-0.2, -0.15) is 0 Å². The van der Waals surface area contributed by atoms with E-state index < -0.39 is 14.6 Å². The number of rotatable bonds is 6. The minimum atomic E-state index is -3.13.